The molecule has 1 aliphatic rings. The second-order valence-electron chi connectivity index (χ2n) is 6.21. The van der Waals surface area contributed by atoms with Gasteiger partial charge in [0, 0.05) is 18.6 Å². The lowest BCUT2D eigenvalue weighted by atomic mass is 10.1. The molecule has 0 aromatic carbocycles. The maximum Gasteiger partial charge on any atom is 0.0569 e. The lowest BCUT2D eigenvalue weighted by molar-refractivity contribution is 0.535. The Morgan fingerprint density at radius 1 is 1.26 bits per heavy atom. The zero-order valence-corrected chi connectivity index (χ0v) is 12.5. The van der Waals surface area contributed by atoms with Gasteiger partial charge in [-0.2, -0.15) is 0 Å². The molecule has 3 nitrogen and oxygen atoms in total. The van der Waals surface area contributed by atoms with Crippen molar-refractivity contribution >= 4 is 5.69 Å². The molecule has 19 heavy (non-hydrogen) atoms. The first-order valence-electron chi connectivity index (χ1n) is 7.56. The van der Waals surface area contributed by atoms with Gasteiger partial charge in [-0.05, 0) is 37.8 Å². The van der Waals surface area contributed by atoms with Crippen LogP contribution in [-0.4, -0.2) is 17.6 Å². The molecule has 1 aromatic rings. The van der Waals surface area contributed by atoms with Crippen LogP contribution in [0.3, 0.4) is 0 Å². The van der Waals surface area contributed by atoms with Crippen molar-refractivity contribution in [2.75, 3.05) is 11.4 Å². The number of anilines is 1. The van der Waals surface area contributed by atoms with Crippen molar-refractivity contribution in [3.63, 3.8) is 0 Å². The van der Waals surface area contributed by atoms with Crippen LogP contribution in [0.15, 0.2) is 18.3 Å². The molecule has 1 fully saturated rings. The van der Waals surface area contributed by atoms with Crippen LogP contribution < -0.4 is 10.6 Å². The van der Waals surface area contributed by atoms with Gasteiger partial charge in [0.05, 0.1) is 17.6 Å². The van der Waals surface area contributed by atoms with E-state index in [4.69, 9.17) is 5.73 Å². The molecule has 1 saturated carbocycles. The van der Waals surface area contributed by atoms with Crippen LogP contribution in [0.25, 0.3) is 0 Å². The zero-order chi connectivity index (χ0) is 13.8. The molecule has 1 aromatic heterocycles. The Kier molecular flexibility index (Phi) is 4.81. The Morgan fingerprint density at radius 2 is 1.95 bits per heavy atom. The van der Waals surface area contributed by atoms with Crippen molar-refractivity contribution in [3.8, 4) is 0 Å². The van der Waals surface area contributed by atoms with Crippen LogP contribution >= 0.6 is 0 Å². The minimum Gasteiger partial charge on any atom is -0.367 e. The van der Waals surface area contributed by atoms with E-state index in [0.29, 0.717) is 12.0 Å². The van der Waals surface area contributed by atoms with Gasteiger partial charge in [0.25, 0.3) is 0 Å². The largest absolute Gasteiger partial charge is 0.367 e. The quantitative estimate of drug-likeness (QED) is 0.882. The molecule has 0 bridgehead atoms. The van der Waals surface area contributed by atoms with E-state index in [-0.39, 0.29) is 6.04 Å². The number of nitrogens with two attached hydrogens (primary N) is 1. The fourth-order valence-corrected chi connectivity index (χ4v) is 2.91. The van der Waals surface area contributed by atoms with Gasteiger partial charge in [0.15, 0.2) is 0 Å². The van der Waals surface area contributed by atoms with E-state index in [1.165, 1.54) is 31.4 Å². The van der Waals surface area contributed by atoms with E-state index >= 15 is 0 Å². The van der Waals surface area contributed by atoms with Crippen molar-refractivity contribution in [2.24, 2.45) is 11.7 Å². The summed E-state index contributed by atoms with van der Waals surface area (Å²) in [6, 6.07) is 4.97. The first kappa shape index (κ1) is 14.3. The molecule has 106 valence electrons. The highest BCUT2D eigenvalue weighted by Crippen LogP contribution is 2.29. The van der Waals surface area contributed by atoms with Crippen molar-refractivity contribution < 1.29 is 0 Å². The van der Waals surface area contributed by atoms with Crippen LogP contribution in [0.2, 0.25) is 0 Å². The number of rotatable bonds is 5. The third-order valence-electron chi connectivity index (χ3n) is 3.90. The first-order valence-corrected chi connectivity index (χ1v) is 7.56. The normalized spacial score (nSPS) is 17.9. The molecule has 3 heteroatoms. The fraction of sp³-hybridized carbons (Fsp3) is 0.688. The molecule has 0 saturated heterocycles. The number of nitrogens with zero attached hydrogens (tertiary/aromatic N) is 2. The molecule has 1 aliphatic carbocycles. The average molecular weight is 261 g/mol. The van der Waals surface area contributed by atoms with E-state index in [1.807, 2.05) is 13.1 Å². The summed E-state index contributed by atoms with van der Waals surface area (Å²) in [6.45, 7) is 7.66. The maximum absolute atomic E-state index is 5.87. The van der Waals surface area contributed by atoms with Crippen molar-refractivity contribution in [3.05, 3.63) is 24.0 Å². The fourth-order valence-electron chi connectivity index (χ4n) is 2.91. The van der Waals surface area contributed by atoms with E-state index in [9.17, 15) is 0 Å². The zero-order valence-electron chi connectivity index (χ0n) is 12.5. The van der Waals surface area contributed by atoms with Crippen LogP contribution in [0.1, 0.15) is 58.2 Å². The molecular formula is C16H27N3. The molecule has 0 spiro atoms. The predicted octanol–water partition coefficient (Wildman–Crippen LogP) is 3.51. The van der Waals surface area contributed by atoms with E-state index in [2.05, 4.69) is 35.9 Å². The predicted molar refractivity (Wildman–Crippen MR) is 81.3 cm³/mol. The highest BCUT2D eigenvalue weighted by atomic mass is 15.2. The number of hydrogen-bond acceptors (Lipinski definition) is 3. The monoisotopic (exact) mass is 261 g/mol. The Balaban J connectivity index is 2.16. The first-order chi connectivity index (χ1) is 9.08. The van der Waals surface area contributed by atoms with Gasteiger partial charge in [-0.25, -0.2) is 0 Å². The van der Waals surface area contributed by atoms with Gasteiger partial charge < -0.3 is 10.6 Å². The standard InChI is InChI=1S/C16H27N3/c1-12(2)11-19(14-6-4-5-7-14)15-8-9-16(13(3)17)18-10-15/h8-10,12-14H,4-7,11,17H2,1-3H3/t13-/m1/s1. The Morgan fingerprint density at radius 3 is 2.42 bits per heavy atom. The summed E-state index contributed by atoms with van der Waals surface area (Å²) in [5.74, 6) is 0.675. The Bertz CT molecular complexity index is 377. The van der Waals surface area contributed by atoms with Crippen LogP contribution in [0.4, 0.5) is 5.69 Å². The summed E-state index contributed by atoms with van der Waals surface area (Å²) in [5, 5.41) is 0. The maximum atomic E-state index is 5.87. The number of pyridine rings is 1. The summed E-state index contributed by atoms with van der Waals surface area (Å²) < 4.78 is 0. The third-order valence-corrected chi connectivity index (χ3v) is 3.90. The minimum atomic E-state index is 0.0130. The van der Waals surface area contributed by atoms with Gasteiger partial charge >= 0.3 is 0 Å². The molecule has 2 rings (SSSR count). The number of aromatic nitrogens is 1. The van der Waals surface area contributed by atoms with Gasteiger partial charge in [-0.1, -0.05) is 26.7 Å². The molecule has 1 heterocycles. The van der Waals surface area contributed by atoms with Crippen molar-refractivity contribution in [2.45, 2.75) is 58.5 Å². The Hall–Kier alpha value is -1.09. The minimum absolute atomic E-state index is 0.0130. The molecular weight excluding hydrogens is 234 g/mol. The molecule has 0 radical (unpaired) electrons. The second kappa shape index (κ2) is 6.38. The van der Waals surface area contributed by atoms with Gasteiger partial charge in [0.2, 0.25) is 0 Å². The summed E-state index contributed by atoms with van der Waals surface area (Å²) in [6.07, 6.45) is 7.37. The topological polar surface area (TPSA) is 42.1 Å². The van der Waals surface area contributed by atoms with Crippen molar-refractivity contribution in [1.82, 2.24) is 4.98 Å². The van der Waals surface area contributed by atoms with Crippen molar-refractivity contribution in [1.29, 1.82) is 0 Å². The lowest BCUT2D eigenvalue weighted by Gasteiger charge is -2.32. The second-order valence-corrected chi connectivity index (χ2v) is 6.21. The summed E-state index contributed by atoms with van der Waals surface area (Å²) in [5.41, 5.74) is 8.09. The highest BCUT2D eigenvalue weighted by Gasteiger charge is 2.23. The summed E-state index contributed by atoms with van der Waals surface area (Å²) in [4.78, 5) is 7.06. The highest BCUT2D eigenvalue weighted by molar-refractivity contribution is 5.46. The summed E-state index contributed by atoms with van der Waals surface area (Å²) >= 11 is 0. The van der Waals surface area contributed by atoms with Gasteiger partial charge in [0.1, 0.15) is 0 Å². The molecule has 1 atom stereocenters. The van der Waals surface area contributed by atoms with E-state index < -0.39 is 0 Å². The van der Waals surface area contributed by atoms with Crippen LogP contribution in [0.5, 0.6) is 0 Å². The molecule has 0 amide bonds. The molecule has 0 aliphatic heterocycles. The van der Waals surface area contributed by atoms with E-state index in [0.717, 1.165) is 12.2 Å². The lowest BCUT2D eigenvalue weighted by Crippen LogP contribution is -2.36. The molecule has 2 N–H and O–H groups in total. The molecule has 0 unspecified atom stereocenters. The van der Waals surface area contributed by atoms with Gasteiger partial charge in [-0.3, -0.25) is 4.98 Å². The third kappa shape index (κ3) is 3.69. The Labute approximate surface area is 117 Å². The van der Waals surface area contributed by atoms with Gasteiger partial charge in [-0.15, -0.1) is 0 Å². The SMILES string of the molecule is CC(C)CN(c1ccc([C@@H](C)N)nc1)C1CCCC1. The van der Waals surface area contributed by atoms with Crippen LogP contribution in [0, 0.1) is 5.92 Å². The number of hydrogen-bond donors (Lipinski definition) is 1. The van der Waals surface area contributed by atoms with Crippen LogP contribution in [-0.2, 0) is 0 Å². The smallest absolute Gasteiger partial charge is 0.0569 e. The average Bonchev–Trinajstić information content (AvgIpc) is 2.89. The van der Waals surface area contributed by atoms with E-state index in [1.54, 1.807) is 0 Å². The summed E-state index contributed by atoms with van der Waals surface area (Å²) in [7, 11) is 0.